The van der Waals surface area contributed by atoms with Gasteiger partial charge in [-0.25, -0.2) is 0 Å². The third-order valence-electron chi connectivity index (χ3n) is 3.50. The molecule has 1 fully saturated rings. The minimum atomic E-state index is 0.449. The van der Waals surface area contributed by atoms with Crippen LogP contribution >= 0.6 is 11.6 Å². The van der Waals surface area contributed by atoms with Crippen molar-refractivity contribution in [1.82, 2.24) is 9.80 Å². The Kier molecular flexibility index (Phi) is 5.45. The van der Waals surface area contributed by atoms with E-state index < -0.39 is 0 Å². The second-order valence-corrected chi connectivity index (χ2v) is 5.39. The lowest BCUT2D eigenvalue weighted by Crippen LogP contribution is -2.45. The van der Waals surface area contributed by atoms with Gasteiger partial charge < -0.3 is 15.4 Å². The van der Waals surface area contributed by atoms with E-state index in [1.165, 1.54) is 0 Å². The molecule has 1 aliphatic rings. The lowest BCUT2D eigenvalue weighted by molar-refractivity contribution is 0.133. The van der Waals surface area contributed by atoms with Crippen LogP contribution in [0, 0.1) is 0 Å². The molecule has 0 aliphatic carbocycles. The van der Waals surface area contributed by atoms with Gasteiger partial charge in [0.15, 0.2) is 0 Å². The Morgan fingerprint density at radius 2 is 2.00 bits per heavy atom. The van der Waals surface area contributed by atoms with Crippen LogP contribution in [0.15, 0.2) is 18.2 Å². The van der Waals surface area contributed by atoms with Crippen LogP contribution < -0.4 is 10.5 Å². The molecule has 0 radical (unpaired) electrons. The van der Waals surface area contributed by atoms with Crippen molar-refractivity contribution in [3.05, 3.63) is 28.8 Å². The fraction of sp³-hybridized carbons (Fsp3) is 0.571. The van der Waals surface area contributed by atoms with Gasteiger partial charge >= 0.3 is 0 Å². The molecule has 0 saturated carbocycles. The van der Waals surface area contributed by atoms with Gasteiger partial charge in [-0.3, -0.25) is 4.90 Å². The molecule has 4 nitrogen and oxygen atoms in total. The molecule has 0 aromatic heterocycles. The maximum atomic E-state index is 5.94. The van der Waals surface area contributed by atoms with Gasteiger partial charge in [-0.05, 0) is 25.2 Å². The highest BCUT2D eigenvalue weighted by atomic mass is 35.5. The molecule has 0 amide bonds. The molecule has 1 heterocycles. The number of likely N-dealkylation sites (N-methyl/N-ethyl adjacent to an activating group) is 1. The molecule has 1 saturated heterocycles. The summed E-state index contributed by atoms with van der Waals surface area (Å²) in [6.45, 7) is 6.60. The zero-order chi connectivity index (χ0) is 13.7. The molecule has 0 unspecified atom stereocenters. The van der Waals surface area contributed by atoms with Crippen LogP contribution in [0.3, 0.4) is 0 Å². The summed E-state index contributed by atoms with van der Waals surface area (Å²) < 4.78 is 5.82. The van der Waals surface area contributed by atoms with Gasteiger partial charge in [0.1, 0.15) is 12.4 Å². The van der Waals surface area contributed by atoms with Gasteiger partial charge in [0.2, 0.25) is 0 Å². The van der Waals surface area contributed by atoms with Crippen LogP contribution in [0.25, 0.3) is 0 Å². The van der Waals surface area contributed by atoms with Gasteiger partial charge in [0, 0.05) is 49.9 Å². The SMILES string of the molecule is CN1CCN(CCOc2ccc(Cl)cc2CN)CC1. The van der Waals surface area contributed by atoms with Crippen LogP contribution in [0.4, 0.5) is 0 Å². The van der Waals surface area contributed by atoms with E-state index in [2.05, 4.69) is 16.8 Å². The Balaban J connectivity index is 1.79. The fourth-order valence-corrected chi connectivity index (χ4v) is 2.40. The Labute approximate surface area is 120 Å². The number of nitrogens with zero attached hydrogens (tertiary/aromatic N) is 2. The number of benzene rings is 1. The van der Waals surface area contributed by atoms with Crippen molar-refractivity contribution in [3.8, 4) is 5.75 Å². The van der Waals surface area contributed by atoms with Crippen molar-refractivity contribution in [1.29, 1.82) is 0 Å². The lowest BCUT2D eigenvalue weighted by Gasteiger charge is -2.32. The molecular formula is C14H22ClN3O. The van der Waals surface area contributed by atoms with Crippen molar-refractivity contribution >= 4 is 11.6 Å². The summed E-state index contributed by atoms with van der Waals surface area (Å²) in [5.74, 6) is 0.848. The van der Waals surface area contributed by atoms with Gasteiger partial charge in [-0.2, -0.15) is 0 Å². The van der Waals surface area contributed by atoms with Crippen molar-refractivity contribution in [2.75, 3.05) is 46.4 Å². The zero-order valence-corrected chi connectivity index (χ0v) is 12.2. The minimum Gasteiger partial charge on any atom is -0.492 e. The number of piperazine rings is 1. The summed E-state index contributed by atoms with van der Waals surface area (Å²) in [5.41, 5.74) is 6.66. The summed E-state index contributed by atoms with van der Waals surface area (Å²) >= 11 is 5.94. The quantitative estimate of drug-likeness (QED) is 0.888. The fourth-order valence-electron chi connectivity index (χ4n) is 2.20. The average molecular weight is 284 g/mol. The van der Waals surface area contributed by atoms with Crippen LogP contribution in [0.1, 0.15) is 5.56 Å². The van der Waals surface area contributed by atoms with Crippen molar-refractivity contribution in [3.63, 3.8) is 0 Å². The summed E-state index contributed by atoms with van der Waals surface area (Å²) in [5, 5.41) is 0.701. The third-order valence-corrected chi connectivity index (χ3v) is 3.74. The first-order chi connectivity index (χ1) is 9.19. The number of ether oxygens (including phenoxy) is 1. The molecule has 0 atom stereocenters. The van der Waals surface area contributed by atoms with E-state index in [4.69, 9.17) is 22.1 Å². The van der Waals surface area contributed by atoms with Crippen molar-refractivity contribution in [2.24, 2.45) is 5.73 Å². The van der Waals surface area contributed by atoms with E-state index in [9.17, 15) is 0 Å². The Bertz CT molecular complexity index is 406. The Hall–Kier alpha value is -0.810. The van der Waals surface area contributed by atoms with E-state index in [0.717, 1.165) is 44.0 Å². The second-order valence-electron chi connectivity index (χ2n) is 4.95. The van der Waals surface area contributed by atoms with Gasteiger partial charge in [0.05, 0.1) is 0 Å². The van der Waals surface area contributed by atoms with Crippen molar-refractivity contribution < 1.29 is 4.74 Å². The molecule has 1 aromatic carbocycles. The number of hydrogen-bond donors (Lipinski definition) is 1. The Morgan fingerprint density at radius 1 is 1.26 bits per heavy atom. The normalized spacial score (nSPS) is 17.6. The molecule has 5 heteroatoms. The van der Waals surface area contributed by atoms with E-state index in [0.29, 0.717) is 18.2 Å². The molecule has 1 aromatic rings. The molecule has 2 N–H and O–H groups in total. The molecule has 0 bridgehead atoms. The average Bonchev–Trinajstić information content (AvgIpc) is 2.42. The predicted octanol–water partition coefficient (Wildman–Crippen LogP) is 1.42. The smallest absolute Gasteiger partial charge is 0.123 e. The maximum Gasteiger partial charge on any atom is 0.123 e. The van der Waals surface area contributed by atoms with Gasteiger partial charge in [0.25, 0.3) is 0 Å². The first kappa shape index (κ1) is 14.6. The number of rotatable bonds is 5. The Morgan fingerprint density at radius 3 is 2.68 bits per heavy atom. The largest absolute Gasteiger partial charge is 0.492 e. The van der Waals surface area contributed by atoms with E-state index in [-0.39, 0.29) is 0 Å². The van der Waals surface area contributed by atoms with Crippen molar-refractivity contribution in [2.45, 2.75) is 6.54 Å². The standard InChI is InChI=1S/C14H22ClN3O/c1-17-4-6-18(7-5-17)8-9-19-14-3-2-13(15)10-12(14)11-16/h2-3,10H,4-9,11,16H2,1H3. The first-order valence-corrected chi connectivity index (χ1v) is 7.09. The third kappa shape index (κ3) is 4.35. The summed E-state index contributed by atoms with van der Waals surface area (Å²) in [6.07, 6.45) is 0. The lowest BCUT2D eigenvalue weighted by atomic mass is 10.2. The topological polar surface area (TPSA) is 41.7 Å². The number of nitrogens with two attached hydrogens (primary N) is 1. The molecule has 0 spiro atoms. The first-order valence-electron chi connectivity index (χ1n) is 6.71. The van der Waals surface area contributed by atoms with E-state index >= 15 is 0 Å². The minimum absolute atomic E-state index is 0.449. The summed E-state index contributed by atoms with van der Waals surface area (Å²) in [4.78, 5) is 4.78. The van der Waals surface area contributed by atoms with Gasteiger partial charge in [-0.15, -0.1) is 0 Å². The van der Waals surface area contributed by atoms with E-state index in [1.54, 1.807) is 0 Å². The highest BCUT2D eigenvalue weighted by Gasteiger charge is 2.13. The number of hydrogen-bond acceptors (Lipinski definition) is 4. The van der Waals surface area contributed by atoms with E-state index in [1.807, 2.05) is 18.2 Å². The van der Waals surface area contributed by atoms with Crippen LogP contribution in [-0.4, -0.2) is 56.2 Å². The van der Waals surface area contributed by atoms with Crippen LogP contribution in [0.5, 0.6) is 5.75 Å². The highest BCUT2D eigenvalue weighted by Crippen LogP contribution is 2.22. The maximum absolute atomic E-state index is 5.94. The predicted molar refractivity (Wildman–Crippen MR) is 78.8 cm³/mol. The monoisotopic (exact) mass is 283 g/mol. The molecular weight excluding hydrogens is 262 g/mol. The second kappa shape index (κ2) is 7.10. The highest BCUT2D eigenvalue weighted by molar-refractivity contribution is 6.30. The van der Waals surface area contributed by atoms with Crippen LogP contribution in [-0.2, 0) is 6.54 Å². The zero-order valence-electron chi connectivity index (χ0n) is 11.4. The number of halogens is 1. The molecule has 19 heavy (non-hydrogen) atoms. The molecule has 2 rings (SSSR count). The van der Waals surface area contributed by atoms with Crippen LogP contribution in [0.2, 0.25) is 5.02 Å². The van der Waals surface area contributed by atoms with Gasteiger partial charge in [-0.1, -0.05) is 11.6 Å². The summed E-state index contributed by atoms with van der Waals surface area (Å²) in [6, 6.07) is 5.60. The summed E-state index contributed by atoms with van der Waals surface area (Å²) in [7, 11) is 2.16. The molecule has 1 aliphatic heterocycles. The molecule has 106 valence electrons.